The molecule has 26 heavy (non-hydrogen) atoms. The van der Waals surface area contributed by atoms with Crippen LogP contribution in [0.4, 0.5) is 0 Å². The number of cyclic esters (lactones) is 1. The summed E-state index contributed by atoms with van der Waals surface area (Å²) < 4.78 is 10.3. The summed E-state index contributed by atoms with van der Waals surface area (Å²) in [6, 6.07) is 0. The molecule has 144 valence electrons. The zero-order valence-corrected chi connectivity index (χ0v) is 15.4. The molecule has 4 aliphatic rings. The van der Waals surface area contributed by atoms with Crippen molar-refractivity contribution in [3.05, 3.63) is 0 Å². The van der Waals surface area contributed by atoms with Crippen molar-refractivity contribution in [2.75, 3.05) is 6.61 Å². The molecule has 0 aromatic carbocycles. The number of carboxylic acids is 1. The van der Waals surface area contributed by atoms with E-state index in [4.69, 9.17) is 9.47 Å². The number of carbonyl (C=O) groups excluding carboxylic acids is 2. The van der Waals surface area contributed by atoms with Gasteiger partial charge in [0.2, 0.25) is 6.10 Å². The standard InChI is InChI=1S/C20H28O6/c1-3-9-7-10(4-2)15-12-8-11(14(9)15)16(18(21)22)17(12)20(24)26-13-5-6-25-19(13)23/h9-17H,3-8H2,1-2H3,(H,21,22). The quantitative estimate of drug-likeness (QED) is 0.754. The van der Waals surface area contributed by atoms with Crippen LogP contribution in [0.5, 0.6) is 0 Å². The van der Waals surface area contributed by atoms with Gasteiger partial charge in [-0.25, -0.2) is 4.79 Å². The summed E-state index contributed by atoms with van der Waals surface area (Å²) in [6.45, 7) is 4.65. The van der Waals surface area contributed by atoms with Gasteiger partial charge in [0.15, 0.2) is 0 Å². The third-order valence-corrected chi connectivity index (χ3v) is 7.73. The van der Waals surface area contributed by atoms with Crippen molar-refractivity contribution in [3.63, 3.8) is 0 Å². The second kappa shape index (κ2) is 6.54. The smallest absolute Gasteiger partial charge is 0.347 e. The van der Waals surface area contributed by atoms with Crippen molar-refractivity contribution in [3.8, 4) is 0 Å². The lowest BCUT2D eigenvalue weighted by Gasteiger charge is -2.38. The number of carbonyl (C=O) groups is 3. The summed E-state index contributed by atoms with van der Waals surface area (Å²) in [5.74, 6) is -1.03. The molecule has 3 aliphatic carbocycles. The number of hydrogen-bond acceptors (Lipinski definition) is 5. The van der Waals surface area contributed by atoms with Gasteiger partial charge in [0, 0.05) is 6.42 Å². The minimum Gasteiger partial charge on any atom is -0.481 e. The number of carboxylic acid groups (broad SMARTS) is 1. The number of ether oxygens (including phenoxy) is 2. The van der Waals surface area contributed by atoms with E-state index in [9.17, 15) is 19.5 Å². The van der Waals surface area contributed by atoms with E-state index >= 15 is 0 Å². The fourth-order valence-corrected chi connectivity index (χ4v) is 6.87. The molecule has 1 N–H and O–H groups in total. The van der Waals surface area contributed by atoms with E-state index in [1.165, 1.54) is 0 Å². The van der Waals surface area contributed by atoms with Gasteiger partial charge in [-0.3, -0.25) is 9.59 Å². The fraction of sp³-hybridized carbons (Fsp3) is 0.850. The molecule has 1 aliphatic heterocycles. The van der Waals surface area contributed by atoms with Gasteiger partial charge in [-0.15, -0.1) is 0 Å². The Morgan fingerprint density at radius 2 is 1.69 bits per heavy atom. The number of esters is 2. The maximum Gasteiger partial charge on any atom is 0.347 e. The van der Waals surface area contributed by atoms with E-state index in [1.807, 2.05) is 0 Å². The summed E-state index contributed by atoms with van der Waals surface area (Å²) >= 11 is 0. The van der Waals surface area contributed by atoms with E-state index in [-0.39, 0.29) is 18.4 Å². The highest BCUT2D eigenvalue weighted by atomic mass is 16.6. The van der Waals surface area contributed by atoms with Gasteiger partial charge in [0.25, 0.3) is 0 Å². The van der Waals surface area contributed by atoms with Crippen LogP contribution in [0.2, 0.25) is 0 Å². The van der Waals surface area contributed by atoms with Crippen LogP contribution in [0.25, 0.3) is 0 Å². The molecule has 4 rings (SSSR count). The predicted molar refractivity (Wildman–Crippen MR) is 90.8 cm³/mol. The summed E-state index contributed by atoms with van der Waals surface area (Å²) in [5, 5.41) is 9.87. The van der Waals surface area contributed by atoms with Gasteiger partial charge in [-0.05, 0) is 48.3 Å². The molecule has 0 aromatic heterocycles. The molecule has 0 aromatic rings. The van der Waals surface area contributed by atoms with E-state index in [0.717, 1.165) is 25.7 Å². The van der Waals surface area contributed by atoms with Crippen molar-refractivity contribution in [1.82, 2.24) is 0 Å². The molecule has 6 heteroatoms. The average Bonchev–Trinajstić information content (AvgIpc) is 3.34. The molecule has 2 bridgehead atoms. The Hall–Kier alpha value is -1.59. The van der Waals surface area contributed by atoms with E-state index < -0.39 is 35.8 Å². The molecule has 0 amide bonds. The lowest BCUT2D eigenvalue weighted by Crippen LogP contribution is -2.44. The maximum atomic E-state index is 12.9. The lowest BCUT2D eigenvalue weighted by molar-refractivity contribution is -0.171. The second-order valence-corrected chi connectivity index (χ2v) is 8.56. The largest absolute Gasteiger partial charge is 0.481 e. The molecule has 6 nitrogen and oxygen atoms in total. The van der Waals surface area contributed by atoms with Crippen LogP contribution < -0.4 is 0 Å². The van der Waals surface area contributed by atoms with Crippen molar-refractivity contribution in [1.29, 1.82) is 0 Å². The monoisotopic (exact) mass is 364 g/mol. The fourth-order valence-electron chi connectivity index (χ4n) is 6.87. The molecule has 4 fully saturated rings. The second-order valence-electron chi connectivity index (χ2n) is 8.56. The van der Waals surface area contributed by atoms with Crippen LogP contribution in [0.1, 0.15) is 46.0 Å². The Labute approximate surface area is 153 Å². The minimum absolute atomic E-state index is 0.0667. The van der Waals surface area contributed by atoms with Gasteiger partial charge in [0.1, 0.15) is 0 Å². The summed E-state index contributed by atoms with van der Waals surface area (Å²) in [7, 11) is 0. The zero-order chi connectivity index (χ0) is 18.6. The Bertz CT molecular complexity index is 615. The lowest BCUT2D eigenvalue weighted by atomic mass is 9.65. The third-order valence-electron chi connectivity index (χ3n) is 7.73. The summed E-state index contributed by atoms with van der Waals surface area (Å²) in [4.78, 5) is 36.6. The number of aliphatic carboxylic acids is 1. The van der Waals surface area contributed by atoms with Gasteiger partial charge < -0.3 is 14.6 Å². The highest BCUT2D eigenvalue weighted by molar-refractivity contribution is 5.86. The Kier molecular flexibility index (Phi) is 4.48. The molecule has 0 spiro atoms. The summed E-state index contributed by atoms with van der Waals surface area (Å²) in [5.41, 5.74) is 0. The normalized spacial score (nSPS) is 46.2. The Morgan fingerprint density at radius 3 is 2.19 bits per heavy atom. The first-order chi connectivity index (χ1) is 12.5. The van der Waals surface area contributed by atoms with E-state index in [2.05, 4.69) is 13.8 Å². The molecular formula is C20H28O6. The van der Waals surface area contributed by atoms with Crippen molar-refractivity contribution in [2.24, 2.45) is 47.3 Å². The number of rotatable bonds is 5. The first kappa shape index (κ1) is 17.8. The molecule has 1 saturated heterocycles. The molecule has 0 radical (unpaired) electrons. The Morgan fingerprint density at radius 1 is 1.08 bits per heavy atom. The van der Waals surface area contributed by atoms with Gasteiger partial charge in [-0.1, -0.05) is 26.7 Å². The van der Waals surface area contributed by atoms with Crippen LogP contribution in [0.3, 0.4) is 0 Å². The highest BCUT2D eigenvalue weighted by Gasteiger charge is 2.67. The Balaban J connectivity index is 1.60. The molecule has 3 saturated carbocycles. The average molecular weight is 364 g/mol. The van der Waals surface area contributed by atoms with E-state index in [1.54, 1.807) is 0 Å². The van der Waals surface area contributed by atoms with Gasteiger partial charge >= 0.3 is 17.9 Å². The first-order valence-corrected chi connectivity index (χ1v) is 10.1. The van der Waals surface area contributed by atoms with Crippen LogP contribution in [0, 0.1) is 47.3 Å². The molecule has 1 heterocycles. The number of fused-ring (bicyclic) bond motifs is 5. The van der Waals surface area contributed by atoms with E-state index in [0.29, 0.717) is 30.1 Å². The van der Waals surface area contributed by atoms with Crippen LogP contribution in [-0.2, 0) is 23.9 Å². The molecular weight excluding hydrogens is 336 g/mol. The number of hydrogen-bond donors (Lipinski definition) is 1. The van der Waals surface area contributed by atoms with Crippen LogP contribution >= 0.6 is 0 Å². The van der Waals surface area contributed by atoms with Crippen LogP contribution in [0.15, 0.2) is 0 Å². The topological polar surface area (TPSA) is 89.9 Å². The SMILES string of the molecule is CCC1CC(CC)C2C3CC(C(C(=O)O)C3C(=O)OC3CCOC3=O)C12. The predicted octanol–water partition coefficient (Wildman–Crippen LogP) is 2.50. The van der Waals surface area contributed by atoms with Crippen molar-refractivity contribution in [2.45, 2.75) is 52.1 Å². The van der Waals surface area contributed by atoms with Crippen LogP contribution in [-0.4, -0.2) is 35.7 Å². The zero-order valence-electron chi connectivity index (χ0n) is 15.4. The minimum atomic E-state index is -0.887. The van der Waals surface area contributed by atoms with Crippen molar-refractivity contribution >= 4 is 17.9 Å². The highest BCUT2D eigenvalue weighted by Crippen LogP contribution is 2.67. The maximum absolute atomic E-state index is 12.9. The first-order valence-electron chi connectivity index (χ1n) is 10.1. The summed E-state index contributed by atoms with van der Waals surface area (Å²) in [6.07, 6.45) is 3.63. The van der Waals surface area contributed by atoms with Gasteiger partial charge in [0.05, 0.1) is 18.4 Å². The molecule has 9 atom stereocenters. The molecule has 9 unspecified atom stereocenters. The van der Waals surface area contributed by atoms with Gasteiger partial charge in [-0.2, -0.15) is 0 Å². The third kappa shape index (κ3) is 2.48. The van der Waals surface area contributed by atoms with Crippen molar-refractivity contribution < 1.29 is 29.0 Å².